The molecule has 96 valence electrons. The van der Waals surface area contributed by atoms with Gasteiger partial charge < -0.3 is 5.73 Å². The van der Waals surface area contributed by atoms with Gasteiger partial charge in [0.2, 0.25) is 10.0 Å². The Morgan fingerprint density at radius 1 is 1.47 bits per heavy atom. The van der Waals surface area contributed by atoms with Gasteiger partial charge in [-0.2, -0.15) is 0 Å². The zero-order valence-electron chi connectivity index (χ0n) is 9.90. The number of nitrogens with one attached hydrogen (secondary N) is 1. The standard InChI is InChI=1S/C11H17BrN2O2S/c1-3-9(13)7-14-17(15,16)11-5-4-8(2)6-10(11)12/h4-6,9,14H,3,7,13H2,1-2H3. The van der Waals surface area contributed by atoms with E-state index in [2.05, 4.69) is 20.7 Å². The van der Waals surface area contributed by atoms with Gasteiger partial charge in [-0.05, 0) is 47.0 Å². The zero-order valence-corrected chi connectivity index (χ0v) is 12.3. The van der Waals surface area contributed by atoms with Gasteiger partial charge in [-0.25, -0.2) is 13.1 Å². The Balaban J connectivity index is 2.90. The molecule has 17 heavy (non-hydrogen) atoms. The van der Waals surface area contributed by atoms with E-state index in [1.165, 1.54) is 0 Å². The average molecular weight is 321 g/mol. The van der Waals surface area contributed by atoms with Crippen LogP contribution in [0.2, 0.25) is 0 Å². The van der Waals surface area contributed by atoms with Crippen LogP contribution < -0.4 is 10.5 Å². The average Bonchev–Trinajstić information content (AvgIpc) is 2.25. The fourth-order valence-corrected chi connectivity index (χ4v) is 3.55. The molecule has 1 aromatic rings. The van der Waals surface area contributed by atoms with Gasteiger partial charge in [-0.15, -0.1) is 0 Å². The summed E-state index contributed by atoms with van der Waals surface area (Å²) in [6.07, 6.45) is 0.734. The second kappa shape index (κ2) is 5.95. The van der Waals surface area contributed by atoms with E-state index in [0.29, 0.717) is 4.47 Å². The van der Waals surface area contributed by atoms with Crippen LogP contribution in [0.3, 0.4) is 0 Å². The fourth-order valence-electron chi connectivity index (χ4n) is 1.26. The molecule has 0 aliphatic heterocycles. The van der Waals surface area contributed by atoms with E-state index in [0.717, 1.165) is 12.0 Å². The summed E-state index contributed by atoms with van der Waals surface area (Å²) in [5.41, 5.74) is 6.68. The van der Waals surface area contributed by atoms with E-state index in [1.807, 2.05) is 13.8 Å². The summed E-state index contributed by atoms with van der Waals surface area (Å²) >= 11 is 3.26. The summed E-state index contributed by atoms with van der Waals surface area (Å²) in [7, 11) is -3.49. The van der Waals surface area contributed by atoms with Crippen molar-refractivity contribution in [3.05, 3.63) is 28.2 Å². The van der Waals surface area contributed by atoms with Crippen LogP contribution in [0.25, 0.3) is 0 Å². The molecule has 0 bridgehead atoms. The summed E-state index contributed by atoms with van der Waals surface area (Å²) in [4.78, 5) is 0.242. The molecule has 0 aliphatic carbocycles. The van der Waals surface area contributed by atoms with Gasteiger partial charge in [-0.3, -0.25) is 0 Å². The van der Waals surface area contributed by atoms with Gasteiger partial charge in [0.05, 0.1) is 4.90 Å². The highest BCUT2D eigenvalue weighted by Crippen LogP contribution is 2.22. The molecule has 0 radical (unpaired) electrons. The second-order valence-electron chi connectivity index (χ2n) is 3.95. The van der Waals surface area contributed by atoms with Crippen molar-refractivity contribution < 1.29 is 8.42 Å². The minimum Gasteiger partial charge on any atom is -0.327 e. The van der Waals surface area contributed by atoms with Gasteiger partial charge in [0.25, 0.3) is 0 Å². The predicted octanol–water partition coefficient (Wildman–Crippen LogP) is 1.77. The number of rotatable bonds is 5. The monoisotopic (exact) mass is 320 g/mol. The smallest absolute Gasteiger partial charge is 0.241 e. The van der Waals surface area contributed by atoms with Crippen molar-refractivity contribution in [2.75, 3.05) is 6.54 Å². The number of nitrogens with two attached hydrogens (primary N) is 1. The van der Waals surface area contributed by atoms with E-state index < -0.39 is 10.0 Å². The molecule has 1 atom stereocenters. The number of sulfonamides is 1. The molecule has 1 unspecified atom stereocenters. The van der Waals surface area contributed by atoms with Crippen LogP contribution >= 0.6 is 15.9 Å². The molecule has 0 amide bonds. The van der Waals surface area contributed by atoms with Crippen molar-refractivity contribution in [1.29, 1.82) is 0 Å². The molecule has 0 aliphatic rings. The first-order chi connectivity index (χ1) is 7.86. The minimum absolute atomic E-state index is 0.158. The molecule has 4 nitrogen and oxygen atoms in total. The summed E-state index contributed by atoms with van der Waals surface area (Å²) in [5, 5.41) is 0. The Kier molecular flexibility index (Phi) is 5.12. The molecule has 6 heteroatoms. The van der Waals surface area contributed by atoms with E-state index >= 15 is 0 Å². The van der Waals surface area contributed by atoms with Gasteiger partial charge in [0.15, 0.2) is 0 Å². The largest absolute Gasteiger partial charge is 0.327 e. The molecule has 0 fully saturated rings. The second-order valence-corrected chi connectivity index (χ2v) is 6.54. The molecular weight excluding hydrogens is 304 g/mol. The SMILES string of the molecule is CCC(N)CNS(=O)(=O)c1ccc(C)cc1Br. The minimum atomic E-state index is -3.49. The summed E-state index contributed by atoms with van der Waals surface area (Å²) < 4.78 is 27.0. The molecule has 0 saturated carbocycles. The molecule has 0 aromatic heterocycles. The lowest BCUT2D eigenvalue weighted by Crippen LogP contribution is -2.36. The summed E-state index contributed by atoms with van der Waals surface area (Å²) in [5.74, 6) is 0. The highest BCUT2D eigenvalue weighted by atomic mass is 79.9. The molecule has 0 saturated heterocycles. The predicted molar refractivity (Wildman–Crippen MR) is 72.3 cm³/mol. The van der Waals surface area contributed by atoms with Crippen LogP contribution in [0.15, 0.2) is 27.6 Å². The number of aryl methyl sites for hydroxylation is 1. The van der Waals surface area contributed by atoms with Crippen molar-refractivity contribution in [1.82, 2.24) is 4.72 Å². The van der Waals surface area contributed by atoms with E-state index in [-0.39, 0.29) is 17.5 Å². The van der Waals surface area contributed by atoms with Gasteiger partial charge >= 0.3 is 0 Å². The van der Waals surface area contributed by atoms with Crippen LogP contribution in [0.1, 0.15) is 18.9 Å². The van der Waals surface area contributed by atoms with Crippen LogP contribution in [-0.4, -0.2) is 21.0 Å². The number of benzene rings is 1. The normalized spacial score (nSPS) is 13.6. The molecular formula is C11H17BrN2O2S. The third kappa shape index (κ3) is 4.06. The molecule has 3 N–H and O–H groups in total. The number of hydrogen-bond acceptors (Lipinski definition) is 3. The van der Waals surface area contributed by atoms with Gasteiger partial charge in [0.1, 0.15) is 0 Å². The topological polar surface area (TPSA) is 72.2 Å². The van der Waals surface area contributed by atoms with Crippen LogP contribution in [0.4, 0.5) is 0 Å². The Hall–Kier alpha value is -0.430. The van der Waals surface area contributed by atoms with Gasteiger partial charge in [-0.1, -0.05) is 13.0 Å². The van der Waals surface area contributed by atoms with Gasteiger partial charge in [0, 0.05) is 17.1 Å². The Bertz CT molecular complexity index is 488. The first-order valence-electron chi connectivity index (χ1n) is 5.38. The zero-order chi connectivity index (χ0) is 13.1. The Morgan fingerprint density at radius 2 is 2.12 bits per heavy atom. The molecule has 1 rings (SSSR count). The fraction of sp³-hybridized carbons (Fsp3) is 0.455. The highest BCUT2D eigenvalue weighted by molar-refractivity contribution is 9.10. The van der Waals surface area contributed by atoms with Crippen LogP contribution in [0.5, 0.6) is 0 Å². The van der Waals surface area contributed by atoms with Crippen molar-refractivity contribution in [2.24, 2.45) is 5.73 Å². The van der Waals surface area contributed by atoms with E-state index in [1.54, 1.807) is 18.2 Å². The third-order valence-electron chi connectivity index (χ3n) is 2.44. The number of halogens is 1. The third-order valence-corrected chi connectivity index (χ3v) is 4.84. The molecule has 0 heterocycles. The molecule has 0 spiro atoms. The first-order valence-corrected chi connectivity index (χ1v) is 7.66. The van der Waals surface area contributed by atoms with Crippen molar-refractivity contribution in [3.63, 3.8) is 0 Å². The quantitative estimate of drug-likeness (QED) is 0.868. The maximum absolute atomic E-state index is 12.0. The van der Waals surface area contributed by atoms with E-state index in [4.69, 9.17) is 5.73 Å². The first kappa shape index (κ1) is 14.6. The van der Waals surface area contributed by atoms with Crippen LogP contribution in [0, 0.1) is 6.92 Å². The van der Waals surface area contributed by atoms with Crippen molar-refractivity contribution >= 4 is 26.0 Å². The van der Waals surface area contributed by atoms with Crippen molar-refractivity contribution in [2.45, 2.75) is 31.2 Å². The highest BCUT2D eigenvalue weighted by Gasteiger charge is 2.17. The van der Waals surface area contributed by atoms with Crippen molar-refractivity contribution in [3.8, 4) is 0 Å². The lowest BCUT2D eigenvalue weighted by atomic mass is 10.2. The summed E-state index contributed by atoms with van der Waals surface area (Å²) in [6, 6.07) is 4.96. The lowest BCUT2D eigenvalue weighted by Gasteiger charge is -2.12. The Morgan fingerprint density at radius 3 is 2.65 bits per heavy atom. The number of hydrogen-bond donors (Lipinski definition) is 2. The van der Waals surface area contributed by atoms with Crippen LogP contribution in [-0.2, 0) is 10.0 Å². The lowest BCUT2D eigenvalue weighted by molar-refractivity contribution is 0.563. The van der Waals surface area contributed by atoms with E-state index in [9.17, 15) is 8.42 Å². The Labute approximate surface area is 111 Å². The summed E-state index contributed by atoms with van der Waals surface area (Å²) in [6.45, 7) is 4.07. The maximum Gasteiger partial charge on any atom is 0.241 e. The maximum atomic E-state index is 12.0. The molecule has 1 aromatic carbocycles.